The van der Waals surface area contributed by atoms with Gasteiger partial charge in [-0.1, -0.05) is 131 Å². The van der Waals surface area contributed by atoms with Crippen LogP contribution in [0.25, 0.3) is 16.9 Å². The number of hydrogen-bond donors (Lipinski definition) is 0. The second-order valence-corrected chi connectivity index (χ2v) is 17.9. The Balaban J connectivity index is 0.00000325. The van der Waals surface area contributed by atoms with Crippen LogP contribution < -0.4 is 0 Å². The molecule has 308 valence electrons. The van der Waals surface area contributed by atoms with Crippen LogP contribution in [0.2, 0.25) is 10.8 Å². The van der Waals surface area contributed by atoms with Crippen molar-refractivity contribution in [1.29, 1.82) is 0 Å². The normalized spacial score (nSPS) is 13.0. The number of unbranched alkanes of at least 4 members (excludes halogenated alkanes) is 15. The van der Waals surface area contributed by atoms with E-state index in [1.54, 1.807) is 21.4 Å². The predicted octanol–water partition coefficient (Wildman–Crippen LogP) is 17.3. The third-order valence-corrected chi connectivity index (χ3v) is 11.7. The first-order valence-electron chi connectivity index (χ1n) is 22.6. The number of rotatable bonds is 27. The van der Waals surface area contributed by atoms with Gasteiger partial charge in [-0.3, -0.25) is 0 Å². The van der Waals surface area contributed by atoms with Crippen LogP contribution in [0.5, 0.6) is 0 Å². The number of hydrogen-bond acceptors (Lipinski definition) is 0. The third-order valence-electron chi connectivity index (χ3n) is 11.7. The third kappa shape index (κ3) is 15.6. The fraction of sp³-hybridized carbons (Fsp3) is 0.686. The second-order valence-electron chi connectivity index (χ2n) is 16.3. The van der Waals surface area contributed by atoms with E-state index in [1.807, 2.05) is 0 Å². The molecule has 2 aromatic rings. The van der Waals surface area contributed by atoms with E-state index in [9.17, 15) is 5.53 Å². The molecule has 0 aromatic heterocycles. The fourth-order valence-corrected chi connectivity index (χ4v) is 8.31. The Morgan fingerprint density at radius 2 is 0.778 bits per heavy atom. The summed E-state index contributed by atoms with van der Waals surface area (Å²) in [6.07, 6.45) is 31.1. The Kier molecular flexibility index (Phi) is 25.6. The first-order valence-corrected chi connectivity index (χ1v) is 25.8. The van der Waals surface area contributed by atoms with Crippen molar-refractivity contribution >= 4 is 11.4 Å². The molecule has 2 nitrogen and oxygen atoms in total. The van der Waals surface area contributed by atoms with E-state index in [1.165, 1.54) is 161 Å². The van der Waals surface area contributed by atoms with Crippen LogP contribution in [0.3, 0.4) is 0 Å². The summed E-state index contributed by atoms with van der Waals surface area (Å²) in [6.45, 7) is 18.3. The van der Waals surface area contributed by atoms with Gasteiger partial charge in [0.2, 0.25) is 11.4 Å². The summed E-state index contributed by atoms with van der Waals surface area (Å²) in [5, 5.41) is 4.35. The topological polar surface area (TPSA) is 25.3 Å². The van der Waals surface area contributed by atoms with Gasteiger partial charge >= 0.3 is 28.8 Å². The predicted molar refractivity (Wildman–Crippen MR) is 237 cm³/mol. The molecule has 1 heterocycles. The van der Waals surface area contributed by atoms with Gasteiger partial charge in [-0.2, -0.15) is 0 Å². The van der Waals surface area contributed by atoms with Gasteiger partial charge in [0.15, 0.2) is 0 Å². The number of allylic oxidation sites excluding steroid dienone is 2. The average Bonchev–Trinajstić information content (AvgIpc) is 3.43. The van der Waals surface area contributed by atoms with Crippen LogP contribution in [0.1, 0.15) is 220 Å². The molecule has 1 aliphatic heterocycles. The first kappa shape index (κ1) is 48.3. The van der Waals surface area contributed by atoms with E-state index < -0.39 is 0 Å². The molecule has 2 aromatic carbocycles. The summed E-state index contributed by atoms with van der Waals surface area (Å²) >= 11 is 0.950. The number of aryl methyl sites for hydroxylation is 4. The maximum atomic E-state index is 12.6. The average molecular weight is 832 g/mol. The van der Waals surface area contributed by atoms with Gasteiger partial charge in [0.05, 0.1) is 0 Å². The second kappa shape index (κ2) is 28.6. The SMILES string of the molecule is CCCCCCCCC1=C(c2cc(CCCCCC)c(CCCCCC)c(CCCCCC)c2)[N+](=[N-])C(c2cc(C)c(C)c(C)c2)=C1CCCC.[CH3][Pd][CH3]. The zero-order valence-electron chi connectivity index (χ0n) is 37.2. The zero-order chi connectivity index (χ0) is 39.7. The van der Waals surface area contributed by atoms with E-state index in [0.29, 0.717) is 0 Å². The Hall–Kier alpha value is -1.82. The van der Waals surface area contributed by atoms with E-state index in [0.717, 1.165) is 67.9 Å². The van der Waals surface area contributed by atoms with Crippen LogP contribution >= 0.6 is 0 Å². The monoisotopic (exact) mass is 831 g/mol. The van der Waals surface area contributed by atoms with Crippen LogP contribution in [-0.2, 0) is 37.2 Å². The van der Waals surface area contributed by atoms with Gasteiger partial charge < -0.3 is 5.53 Å². The quantitative estimate of drug-likeness (QED) is 0.0487. The molecule has 0 atom stereocenters. The van der Waals surface area contributed by atoms with Crippen LogP contribution in [0.4, 0.5) is 0 Å². The summed E-state index contributed by atoms with van der Waals surface area (Å²) in [7, 11) is 0. The van der Waals surface area contributed by atoms with Crippen molar-refractivity contribution in [3.05, 3.63) is 85.5 Å². The molecule has 0 aliphatic carbocycles. The summed E-state index contributed by atoms with van der Waals surface area (Å²) < 4.78 is 1.67. The summed E-state index contributed by atoms with van der Waals surface area (Å²) in [4.78, 5) is 0. The maximum absolute atomic E-state index is 12.6. The van der Waals surface area contributed by atoms with E-state index in [4.69, 9.17) is 0 Å². The van der Waals surface area contributed by atoms with Crippen molar-refractivity contribution in [2.75, 3.05) is 0 Å². The molecule has 0 saturated carbocycles. The Morgan fingerprint density at radius 1 is 0.444 bits per heavy atom. The van der Waals surface area contributed by atoms with Gasteiger partial charge in [0.25, 0.3) is 0 Å². The van der Waals surface area contributed by atoms with Crippen molar-refractivity contribution in [2.45, 2.75) is 227 Å². The molecule has 0 bridgehead atoms. The Labute approximate surface area is 344 Å². The van der Waals surface area contributed by atoms with Gasteiger partial charge in [0.1, 0.15) is 0 Å². The molecule has 0 fully saturated rings. The van der Waals surface area contributed by atoms with Crippen molar-refractivity contribution in [2.24, 2.45) is 0 Å². The van der Waals surface area contributed by atoms with Crippen molar-refractivity contribution in [3.63, 3.8) is 0 Å². The molecule has 0 saturated heterocycles. The fourth-order valence-electron chi connectivity index (χ4n) is 8.31. The molecule has 0 unspecified atom stereocenters. The van der Waals surface area contributed by atoms with Crippen molar-refractivity contribution in [1.82, 2.24) is 0 Å². The molecule has 0 N–H and O–H groups in total. The Morgan fingerprint density at radius 3 is 1.22 bits per heavy atom. The minimum atomic E-state index is 0.950. The van der Waals surface area contributed by atoms with E-state index in [-0.39, 0.29) is 0 Å². The number of benzene rings is 2. The summed E-state index contributed by atoms with van der Waals surface area (Å²) in [5.74, 6) is 0. The summed E-state index contributed by atoms with van der Waals surface area (Å²) in [6, 6.07) is 9.75. The van der Waals surface area contributed by atoms with Crippen LogP contribution in [-0.4, -0.2) is 4.70 Å². The molecule has 0 radical (unpaired) electrons. The molecule has 54 heavy (non-hydrogen) atoms. The standard InChI is InChI=1S/C49H78N2.2CH3.Pd/c1-9-14-19-23-24-28-33-47-46(31-18-13-5)48(43-34-38(6)40(8)39(7)35-43)51(50)49(47)44-36-41(29-25-20-15-10-2)45(32-27-22-17-12-4)42(37-44)30-26-21-16-11-3;;;/h34-37H,9-33H2,1-8H3;2*1H3;. The molecular weight excluding hydrogens is 747 g/mol. The minimum absolute atomic E-state index is 0.950. The molecule has 0 spiro atoms. The van der Waals surface area contributed by atoms with Gasteiger partial charge in [-0.25, -0.2) is 4.70 Å². The molecule has 3 rings (SSSR count). The van der Waals surface area contributed by atoms with Crippen molar-refractivity contribution in [3.8, 4) is 0 Å². The van der Waals surface area contributed by atoms with E-state index in [2.05, 4.69) is 90.4 Å². The Bertz CT molecular complexity index is 1390. The number of nitrogens with zero attached hydrogens (tertiary/aromatic N) is 2. The van der Waals surface area contributed by atoms with Gasteiger partial charge in [-0.05, 0) is 143 Å². The van der Waals surface area contributed by atoms with Crippen molar-refractivity contribution < 1.29 is 22.7 Å². The van der Waals surface area contributed by atoms with E-state index >= 15 is 0 Å². The van der Waals surface area contributed by atoms with Gasteiger partial charge in [-0.15, -0.1) is 0 Å². The van der Waals surface area contributed by atoms with Crippen LogP contribution in [0, 0.1) is 20.8 Å². The molecular formula is C51H84N2Pd. The van der Waals surface area contributed by atoms with Crippen LogP contribution in [0.15, 0.2) is 35.4 Å². The van der Waals surface area contributed by atoms with Gasteiger partial charge in [0, 0.05) is 22.3 Å². The summed E-state index contributed by atoms with van der Waals surface area (Å²) in [5.41, 5.74) is 28.7. The molecule has 0 amide bonds. The zero-order valence-corrected chi connectivity index (χ0v) is 38.8. The molecule has 1 aliphatic rings. The molecule has 3 heteroatoms. The first-order chi connectivity index (χ1) is 26.2.